The Morgan fingerprint density at radius 3 is 2.88 bits per heavy atom. The summed E-state index contributed by atoms with van der Waals surface area (Å²) in [6.07, 6.45) is -0.598. The molecule has 0 saturated carbocycles. The second kappa shape index (κ2) is 7.74. The van der Waals surface area contributed by atoms with Crippen molar-refractivity contribution in [2.75, 3.05) is 11.9 Å². The lowest BCUT2D eigenvalue weighted by Crippen LogP contribution is -2.36. The van der Waals surface area contributed by atoms with Crippen LogP contribution in [-0.2, 0) is 20.7 Å². The first-order chi connectivity index (χ1) is 12.4. The largest absolute Gasteiger partial charge is 0.492 e. The molecule has 0 radical (unpaired) electrons. The van der Waals surface area contributed by atoms with Crippen molar-refractivity contribution >= 4 is 29.2 Å². The minimum atomic E-state index is -1.02. The van der Waals surface area contributed by atoms with Gasteiger partial charge in [-0.05, 0) is 55.3 Å². The maximum atomic E-state index is 13.2. The summed E-state index contributed by atoms with van der Waals surface area (Å²) in [7, 11) is 0. The third kappa shape index (κ3) is 4.32. The third-order valence-electron chi connectivity index (χ3n) is 4.02. The zero-order valence-electron chi connectivity index (χ0n) is 14.0. The van der Waals surface area contributed by atoms with E-state index in [-0.39, 0.29) is 6.61 Å². The maximum absolute atomic E-state index is 13.2. The molecule has 1 N–H and O–H groups in total. The molecule has 2 aromatic carbocycles. The summed E-state index contributed by atoms with van der Waals surface area (Å²) >= 11 is 5.97. The van der Waals surface area contributed by atoms with Crippen LogP contribution in [-0.4, -0.2) is 24.6 Å². The summed E-state index contributed by atoms with van der Waals surface area (Å²) in [5.41, 5.74) is 1.12. The van der Waals surface area contributed by atoms with Crippen LogP contribution in [0.15, 0.2) is 42.5 Å². The quantitative estimate of drug-likeness (QED) is 0.827. The molecule has 1 amide bonds. The highest BCUT2D eigenvalue weighted by Crippen LogP contribution is 2.30. The summed E-state index contributed by atoms with van der Waals surface area (Å²) < 4.78 is 24.0. The number of ether oxygens (including phenoxy) is 2. The van der Waals surface area contributed by atoms with E-state index in [1.807, 2.05) is 0 Å². The molecule has 136 valence electrons. The molecule has 0 saturated heterocycles. The number of esters is 1. The second-order valence-electron chi connectivity index (χ2n) is 6.04. The van der Waals surface area contributed by atoms with Gasteiger partial charge < -0.3 is 14.8 Å². The summed E-state index contributed by atoms with van der Waals surface area (Å²) in [6, 6.07) is 10.7. The van der Waals surface area contributed by atoms with Gasteiger partial charge >= 0.3 is 5.97 Å². The molecular formula is C19H17ClFNO4. The van der Waals surface area contributed by atoms with Gasteiger partial charge in [0, 0.05) is 10.7 Å². The Morgan fingerprint density at radius 2 is 2.12 bits per heavy atom. The molecule has 0 aliphatic carbocycles. The predicted octanol–water partition coefficient (Wildman–Crippen LogP) is 3.60. The van der Waals surface area contributed by atoms with Crippen LogP contribution in [0.5, 0.6) is 5.75 Å². The van der Waals surface area contributed by atoms with Crippen molar-refractivity contribution in [3.05, 3.63) is 58.9 Å². The van der Waals surface area contributed by atoms with Gasteiger partial charge in [0.15, 0.2) is 6.10 Å². The number of halogens is 2. The number of carbonyl (C=O) groups is 2. The summed E-state index contributed by atoms with van der Waals surface area (Å²) in [5.74, 6) is -1.37. The molecule has 0 aromatic heterocycles. The van der Waals surface area contributed by atoms with Crippen LogP contribution < -0.4 is 10.1 Å². The van der Waals surface area contributed by atoms with Crippen LogP contribution >= 0.6 is 11.6 Å². The minimum Gasteiger partial charge on any atom is -0.492 e. The van der Waals surface area contributed by atoms with E-state index in [1.165, 1.54) is 25.1 Å². The number of anilines is 1. The van der Waals surface area contributed by atoms with Crippen LogP contribution in [0, 0.1) is 11.7 Å². The molecule has 0 bridgehead atoms. The van der Waals surface area contributed by atoms with E-state index < -0.39 is 29.7 Å². The van der Waals surface area contributed by atoms with E-state index in [4.69, 9.17) is 21.1 Å². The van der Waals surface area contributed by atoms with E-state index >= 15 is 0 Å². The number of nitrogens with one attached hydrogen (secondary N) is 1. The molecule has 26 heavy (non-hydrogen) atoms. The number of carbonyl (C=O) groups excluding carboxylic acids is 2. The average molecular weight is 378 g/mol. The number of amides is 1. The van der Waals surface area contributed by atoms with Crippen molar-refractivity contribution in [1.82, 2.24) is 0 Å². The first-order valence-electron chi connectivity index (χ1n) is 8.10. The van der Waals surface area contributed by atoms with Gasteiger partial charge in [-0.2, -0.15) is 0 Å². The van der Waals surface area contributed by atoms with E-state index in [1.54, 1.807) is 24.3 Å². The molecule has 3 rings (SSSR count). The first-order valence-corrected chi connectivity index (χ1v) is 8.48. The van der Waals surface area contributed by atoms with Crippen molar-refractivity contribution in [2.45, 2.75) is 19.4 Å². The van der Waals surface area contributed by atoms with Gasteiger partial charge in [-0.15, -0.1) is 0 Å². The molecule has 5 nitrogen and oxygen atoms in total. The smallest absolute Gasteiger partial charge is 0.313 e. The number of rotatable bonds is 4. The van der Waals surface area contributed by atoms with Gasteiger partial charge in [0.1, 0.15) is 18.2 Å². The van der Waals surface area contributed by atoms with E-state index in [2.05, 4.69) is 5.32 Å². The molecule has 7 heteroatoms. The fourth-order valence-electron chi connectivity index (χ4n) is 2.65. The fourth-order valence-corrected chi connectivity index (χ4v) is 2.84. The van der Waals surface area contributed by atoms with Crippen molar-refractivity contribution in [3.63, 3.8) is 0 Å². The molecular weight excluding hydrogens is 361 g/mol. The lowest BCUT2D eigenvalue weighted by molar-refractivity contribution is -0.158. The van der Waals surface area contributed by atoms with Crippen LogP contribution in [0.3, 0.4) is 0 Å². The molecule has 0 fully saturated rings. The van der Waals surface area contributed by atoms with Crippen LogP contribution in [0.25, 0.3) is 0 Å². The maximum Gasteiger partial charge on any atom is 0.313 e. The molecule has 2 atom stereocenters. The highest BCUT2D eigenvalue weighted by molar-refractivity contribution is 6.30. The average Bonchev–Trinajstić information content (AvgIpc) is 2.60. The normalized spacial score (nSPS) is 16.8. The lowest BCUT2D eigenvalue weighted by atomic mass is 9.97. The van der Waals surface area contributed by atoms with Crippen LogP contribution in [0.4, 0.5) is 10.1 Å². The van der Waals surface area contributed by atoms with Gasteiger partial charge in [-0.25, -0.2) is 4.39 Å². The standard InChI is InChI=1S/C19H17ClFNO4/c1-11(18(23)22-16-4-2-3-15(21)9-16)26-19(24)13-7-12-8-14(20)5-6-17(12)25-10-13/h2-6,8-9,11,13H,7,10H2,1H3,(H,22,23)/t11-,13+/m0/s1. The van der Waals surface area contributed by atoms with Crippen molar-refractivity contribution < 1.29 is 23.5 Å². The second-order valence-corrected chi connectivity index (χ2v) is 6.48. The highest BCUT2D eigenvalue weighted by Gasteiger charge is 2.30. The number of hydrogen-bond acceptors (Lipinski definition) is 4. The monoisotopic (exact) mass is 377 g/mol. The van der Waals surface area contributed by atoms with Gasteiger partial charge in [0.2, 0.25) is 0 Å². The fraction of sp³-hybridized carbons (Fsp3) is 0.263. The Morgan fingerprint density at radius 1 is 1.31 bits per heavy atom. The van der Waals surface area contributed by atoms with Crippen molar-refractivity contribution in [3.8, 4) is 5.75 Å². The molecule has 1 aliphatic heterocycles. The Kier molecular flexibility index (Phi) is 5.42. The van der Waals surface area contributed by atoms with Crippen LogP contribution in [0.2, 0.25) is 5.02 Å². The molecule has 0 unspecified atom stereocenters. The van der Waals surface area contributed by atoms with Gasteiger partial charge in [0.25, 0.3) is 5.91 Å². The van der Waals surface area contributed by atoms with Gasteiger partial charge in [0.05, 0.1) is 5.92 Å². The SMILES string of the molecule is C[C@H](OC(=O)[C@H]1COc2ccc(Cl)cc2C1)C(=O)Nc1cccc(F)c1. The zero-order valence-corrected chi connectivity index (χ0v) is 14.8. The predicted molar refractivity (Wildman–Crippen MR) is 94.7 cm³/mol. The van der Waals surface area contributed by atoms with Gasteiger partial charge in [-0.1, -0.05) is 17.7 Å². The first kappa shape index (κ1) is 18.2. The highest BCUT2D eigenvalue weighted by atomic mass is 35.5. The summed E-state index contributed by atoms with van der Waals surface area (Å²) in [6.45, 7) is 1.63. The number of hydrogen-bond donors (Lipinski definition) is 1. The number of benzene rings is 2. The number of fused-ring (bicyclic) bond motifs is 1. The topological polar surface area (TPSA) is 64.6 Å². The van der Waals surface area contributed by atoms with Gasteiger partial charge in [-0.3, -0.25) is 9.59 Å². The van der Waals surface area contributed by atoms with E-state index in [0.717, 1.165) is 5.56 Å². The Hall–Kier alpha value is -2.60. The minimum absolute atomic E-state index is 0.172. The molecule has 0 spiro atoms. The Labute approximate surface area is 155 Å². The van der Waals surface area contributed by atoms with Crippen molar-refractivity contribution in [1.29, 1.82) is 0 Å². The Bertz CT molecular complexity index is 842. The lowest BCUT2D eigenvalue weighted by Gasteiger charge is -2.25. The zero-order chi connectivity index (χ0) is 18.7. The third-order valence-corrected chi connectivity index (χ3v) is 4.25. The Balaban J connectivity index is 1.58. The van der Waals surface area contributed by atoms with E-state index in [0.29, 0.717) is 22.9 Å². The molecule has 1 aliphatic rings. The summed E-state index contributed by atoms with van der Waals surface area (Å²) in [4.78, 5) is 24.5. The van der Waals surface area contributed by atoms with Crippen molar-refractivity contribution in [2.24, 2.45) is 5.92 Å². The summed E-state index contributed by atoms with van der Waals surface area (Å²) in [5, 5.41) is 3.07. The molecule has 1 heterocycles. The van der Waals surface area contributed by atoms with E-state index in [9.17, 15) is 14.0 Å². The molecule has 2 aromatic rings. The van der Waals surface area contributed by atoms with Crippen LogP contribution in [0.1, 0.15) is 12.5 Å².